The number of benzene rings is 1. The smallest absolute Gasteiger partial charge is 0.230 e. The van der Waals surface area contributed by atoms with E-state index in [-0.39, 0.29) is 5.41 Å². The van der Waals surface area contributed by atoms with Crippen molar-refractivity contribution in [2.45, 2.75) is 57.4 Å². The molecule has 0 spiro atoms. The molecule has 166 valence electrons. The highest BCUT2D eigenvalue weighted by Gasteiger charge is 2.50. The Balaban J connectivity index is 1.45. The first-order chi connectivity index (χ1) is 15.8. The zero-order chi connectivity index (χ0) is 21.3. The van der Waals surface area contributed by atoms with Gasteiger partial charge in [0.25, 0.3) is 0 Å². The van der Waals surface area contributed by atoms with Crippen LogP contribution in [0.1, 0.15) is 74.0 Å². The van der Waals surface area contributed by atoms with E-state index in [9.17, 15) is 0 Å². The van der Waals surface area contributed by atoms with E-state index in [4.69, 9.17) is 14.2 Å². The monoisotopic (exact) mass is 430 g/mol. The van der Waals surface area contributed by atoms with Gasteiger partial charge in [-0.05, 0) is 62.8 Å². The quantitative estimate of drug-likeness (QED) is 0.591. The van der Waals surface area contributed by atoms with E-state index in [0.717, 1.165) is 62.9 Å². The van der Waals surface area contributed by atoms with Crippen molar-refractivity contribution in [3.8, 4) is 0 Å². The minimum absolute atomic E-state index is 0.132. The van der Waals surface area contributed by atoms with Crippen molar-refractivity contribution in [2.75, 3.05) is 26.3 Å². The summed E-state index contributed by atoms with van der Waals surface area (Å²) in [7, 11) is 0. The van der Waals surface area contributed by atoms with E-state index in [1.807, 2.05) is 0 Å². The van der Waals surface area contributed by atoms with E-state index in [1.54, 1.807) is 0 Å². The topological polar surface area (TPSA) is 56.3 Å². The van der Waals surface area contributed by atoms with Crippen molar-refractivity contribution < 1.29 is 9.26 Å². The van der Waals surface area contributed by atoms with Gasteiger partial charge in [0.1, 0.15) is 0 Å². The molecular formula is C26H30N4O2. The molecule has 0 bridgehead atoms. The SMILES string of the molecule is CC[C@@]12C=C(c3noc(C4CCOCC4)n3)n3c4c(c5ccccc53)CCN(CCC1)[C@H]42. The molecule has 32 heavy (non-hydrogen) atoms. The van der Waals surface area contributed by atoms with E-state index in [2.05, 4.69) is 51.9 Å². The average Bonchev–Trinajstić information content (AvgIpc) is 3.47. The first-order valence-electron chi connectivity index (χ1n) is 12.3. The fourth-order valence-electron chi connectivity index (χ4n) is 6.89. The Hall–Kier alpha value is -2.44. The maximum Gasteiger partial charge on any atom is 0.230 e. The second-order valence-corrected chi connectivity index (χ2v) is 9.97. The second kappa shape index (κ2) is 7.03. The van der Waals surface area contributed by atoms with Crippen molar-refractivity contribution in [2.24, 2.45) is 5.41 Å². The Bertz CT molecular complexity index is 1220. The molecule has 2 atom stereocenters. The summed E-state index contributed by atoms with van der Waals surface area (Å²) in [6.45, 7) is 6.27. The zero-order valence-corrected chi connectivity index (χ0v) is 18.7. The predicted molar refractivity (Wildman–Crippen MR) is 122 cm³/mol. The molecule has 0 amide bonds. The van der Waals surface area contributed by atoms with Gasteiger partial charge in [-0.15, -0.1) is 0 Å². The van der Waals surface area contributed by atoms with Gasteiger partial charge in [0, 0.05) is 42.2 Å². The van der Waals surface area contributed by atoms with Gasteiger partial charge in [-0.1, -0.05) is 30.3 Å². The largest absolute Gasteiger partial charge is 0.381 e. The number of ether oxygens (including phenoxy) is 1. The van der Waals surface area contributed by atoms with Crippen LogP contribution in [0.3, 0.4) is 0 Å². The van der Waals surface area contributed by atoms with Crippen LogP contribution in [0.5, 0.6) is 0 Å². The standard InChI is InChI=1S/C26H30N4O2/c1-2-26-11-5-12-29-13-8-19-18-6-3-4-7-20(18)30(22(19)23(26)29)21(16-26)24-27-25(32-28-24)17-9-14-31-15-10-17/h3-4,6-7,16-17,23H,2,5,8-15H2,1H3/t23-,26+/m1/s1. The van der Waals surface area contributed by atoms with Gasteiger partial charge in [-0.2, -0.15) is 4.98 Å². The first-order valence-corrected chi connectivity index (χ1v) is 12.3. The Labute approximate surface area is 188 Å². The Morgan fingerprint density at radius 2 is 2.03 bits per heavy atom. The third-order valence-electron chi connectivity index (χ3n) is 8.49. The summed E-state index contributed by atoms with van der Waals surface area (Å²) in [5.74, 6) is 1.82. The summed E-state index contributed by atoms with van der Waals surface area (Å²) in [5.41, 5.74) is 5.53. The molecule has 7 rings (SSSR count). The van der Waals surface area contributed by atoms with Gasteiger partial charge < -0.3 is 13.8 Å². The summed E-state index contributed by atoms with van der Waals surface area (Å²) >= 11 is 0. The van der Waals surface area contributed by atoms with Gasteiger partial charge >= 0.3 is 0 Å². The number of fused-ring (bicyclic) bond motifs is 3. The molecule has 0 aliphatic carbocycles. The molecule has 3 aromatic rings. The molecule has 0 saturated carbocycles. The van der Waals surface area contributed by atoms with Gasteiger partial charge in [-0.3, -0.25) is 4.90 Å². The van der Waals surface area contributed by atoms with Crippen LogP contribution in [0, 0.1) is 5.41 Å². The molecule has 6 nitrogen and oxygen atoms in total. The van der Waals surface area contributed by atoms with Gasteiger partial charge in [-0.25, -0.2) is 0 Å². The maximum atomic E-state index is 5.85. The van der Waals surface area contributed by atoms with Crippen molar-refractivity contribution >= 4 is 16.6 Å². The fraction of sp³-hybridized carbons (Fsp3) is 0.538. The van der Waals surface area contributed by atoms with Crippen molar-refractivity contribution in [3.63, 3.8) is 0 Å². The third-order valence-corrected chi connectivity index (χ3v) is 8.49. The normalized spacial score (nSPS) is 28.0. The van der Waals surface area contributed by atoms with Crippen LogP contribution in [0.15, 0.2) is 34.9 Å². The molecule has 6 heteroatoms. The summed E-state index contributed by atoms with van der Waals surface area (Å²) < 4.78 is 13.9. The van der Waals surface area contributed by atoms with Crippen LogP contribution < -0.4 is 0 Å². The molecule has 2 fully saturated rings. The molecule has 4 aliphatic rings. The minimum Gasteiger partial charge on any atom is -0.381 e. The maximum absolute atomic E-state index is 5.85. The number of para-hydroxylation sites is 1. The number of piperidine rings is 1. The van der Waals surface area contributed by atoms with E-state index in [1.165, 1.54) is 41.5 Å². The highest BCUT2D eigenvalue weighted by molar-refractivity contribution is 5.91. The Morgan fingerprint density at radius 1 is 1.16 bits per heavy atom. The van der Waals surface area contributed by atoms with Crippen molar-refractivity contribution in [1.29, 1.82) is 0 Å². The van der Waals surface area contributed by atoms with Crippen LogP contribution in [-0.2, 0) is 11.2 Å². The average molecular weight is 431 g/mol. The Morgan fingerprint density at radius 3 is 2.91 bits per heavy atom. The lowest BCUT2D eigenvalue weighted by Gasteiger charge is -2.53. The summed E-state index contributed by atoms with van der Waals surface area (Å²) in [5, 5.41) is 5.93. The lowest BCUT2D eigenvalue weighted by molar-refractivity contribution is 0.0271. The molecule has 0 N–H and O–H groups in total. The minimum atomic E-state index is 0.132. The number of aromatic nitrogens is 3. The number of hydrogen-bond donors (Lipinski definition) is 0. The summed E-state index contributed by atoms with van der Waals surface area (Å²) in [6.07, 6.45) is 9.15. The third kappa shape index (κ3) is 2.54. The predicted octanol–water partition coefficient (Wildman–Crippen LogP) is 4.91. The molecule has 1 aromatic carbocycles. The van der Waals surface area contributed by atoms with Gasteiger partial charge in [0.05, 0.1) is 17.3 Å². The van der Waals surface area contributed by atoms with Crippen LogP contribution in [-0.4, -0.2) is 45.9 Å². The van der Waals surface area contributed by atoms with E-state index < -0.39 is 0 Å². The zero-order valence-electron chi connectivity index (χ0n) is 18.7. The van der Waals surface area contributed by atoms with Gasteiger partial charge in [0.15, 0.2) is 0 Å². The Kier molecular flexibility index (Phi) is 4.19. The highest BCUT2D eigenvalue weighted by Crippen LogP contribution is 2.57. The van der Waals surface area contributed by atoms with E-state index in [0.29, 0.717) is 12.0 Å². The first kappa shape index (κ1) is 19.1. The molecule has 2 saturated heterocycles. The second-order valence-electron chi connectivity index (χ2n) is 9.97. The van der Waals surface area contributed by atoms with Crippen LogP contribution >= 0.6 is 0 Å². The molecule has 6 heterocycles. The number of hydrogen-bond acceptors (Lipinski definition) is 5. The molecular weight excluding hydrogens is 400 g/mol. The summed E-state index contributed by atoms with van der Waals surface area (Å²) in [4.78, 5) is 7.71. The fourth-order valence-corrected chi connectivity index (χ4v) is 6.89. The molecule has 2 aromatic heterocycles. The summed E-state index contributed by atoms with van der Waals surface area (Å²) in [6, 6.07) is 9.32. The van der Waals surface area contributed by atoms with Crippen LogP contribution in [0.4, 0.5) is 0 Å². The molecule has 0 radical (unpaired) electrons. The number of rotatable bonds is 3. The van der Waals surface area contributed by atoms with Crippen molar-refractivity contribution in [1.82, 2.24) is 19.6 Å². The van der Waals surface area contributed by atoms with Crippen LogP contribution in [0.25, 0.3) is 16.6 Å². The van der Waals surface area contributed by atoms with Crippen molar-refractivity contribution in [3.05, 3.63) is 53.3 Å². The van der Waals surface area contributed by atoms with E-state index >= 15 is 0 Å². The molecule has 0 unspecified atom stereocenters. The van der Waals surface area contributed by atoms with Gasteiger partial charge in [0.2, 0.25) is 11.7 Å². The lowest BCUT2D eigenvalue weighted by Crippen LogP contribution is -2.50. The van der Waals surface area contributed by atoms with Crippen LogP contribution in [0.2, 0.25) is 0 Å². The lowest BCUT2D eigenvalue weighted by atomic mass is 9.66. The number of nitrogens with zero attached hydrogens (tertiary/aromatic N) is 4. The molecule has 4 aliphatic heterocycles. The highest BCUT2D eigenvalue weighted by atomic mass is 16.5.